The fourth-order valence-corrected chi connectivity index (χ4v) is 2.05. The van der Waals surface area contributed by atoms with Crippen molar-refractivity contribution in [3.05, 3.63) is 54.0 Å². The highest BCUT2D eigenvalue weighted by Crippen LogP contribution is 2.17. The Bertz CT molecular complexity index is 676. The van der Waals surface area contributed by atoms with Gasteiger partial charge in [0.1, 0.15) is 16.9 Å². The van der Waals surface area contributed by atoms with Crippen molar-refractivity contribution in [3.8, 4) is 5.75 Å². The Morgan fingerprint density at radius 3 is 2.21 bits per heavy atom. The topological polar surface area (TPSA) is 80.6 Å². The van der Waals surface area contributed by atoms with E-state index in [9.17, 15) is 9.59 Å². The predicted octanol–water partition coefficient (Wildman–Crippen LogP) is 2.25. The number of furan rings is 1. The second kappa shape index (κ2) is 7.68. The molecule has 0 unspecified atom stereocenters. The van der Waals surface area contributed by atoms with Crippen LogP contribution in [-0.2, 0) is 22.7 Å². The Hall–Kier alpha value is -2.76. The first-order chi connectivity index (χ1) is 11.4. The molecule has 6 nitrogen and oxygen atoms in total. The second-order valence-electron chi connectivity index (χ2n) is 5.92. The van der Waals surface area contributed by atoms with Crippen molar-refractivity contribution < 1.29 is 18.7 Å². The molecule has 24 heavy (non-hydrogen) atoms. The molecule has 0 aliphatic rings. The van der Waals surface area contributed by atoms with Crippen LogP contribution in [0.3, 0.4) is 0 Å². The summed E-state index contributed by atoms with van der Waals surface area (Å²) in [5, 5.41) is 5.50. The summed E-state index contributed by atoms with van der Waals surface area (Å²) in [5.41, 5.74) is -0.255. The van der Waals surface area contributed by atoms with E-state index < -0.39 is 5.41 Å². The number of benzene rings is 1. The summed E-state index contributed by atoms with van der Waals surface area (Å²) in [6.07, 6.45) is 1.54. The van der Waals surface area contributed by atoms with Crippen LogP contribution in [0.5, 0.6) is 5.75 Å². The molecule has 2 rings (SSSR count). The molecule has 2 aromatic rings. The molecule has 0 aliphatic carbocycles. The normalized spacial score (nSPS) is 11.0. The van der Waals surface area contributed by atoms with E-state index in [1.165, 1.54) is 6.26 Å². The standard InChI is InChI=1S/C18H22N2O4/c1-18(2,17(22)20-12-15-5-4-10-24-15)16(21)19-11-13-6-8-14(23-3)9-7-13/h4-10H,11-12H2,1-3H3,(H,19,21)(H,20,22). The lowest BCUT2D eigenvalue weighted by Gasteiger charge is -2.22. The Kier molecular flexibility index (Phi) is 5.63. The quantitative estimate of drug-likeness (QED) is 0.763. The number of rotatable bonds is 7. The maximum atomic E-state index is 12.3. The van der Waals surface area contributed by atoms with E-state index in [0.29, 0.717) is 12.3 Å². The highest BCUT2D eigenvalue weighted by atomic mass is 16.5. The van der Waals surface area contributed by atoms with Crippen LogP contribution in [0.4, 0.5) is 0 Å². The van der Waals surface area contributed by atoms with Crippen molar-refractivity contribution in [2.75, 3.05) is 7.11 Å². The average Bonchev–Trinajstić information content (AvgIpc) is 3.11. The molecule has 128 valence electrons. The fourth-order valence-electron chi connectivity index (χ4n) is 2.05. The fraction of sp³-hybridized carbons (Fsp3) is 0.333. The first kappa shape index (κ1) is 17.6. The van der Waals surface area contributed by atoms with Gasteiger partial charge in [-0.05, 0) is 43.7 Å². The number of nitrogens with one attached hydrogen (secondary N) is 2. The summed E-state index contributed by atoms with van der Waals surface area (Å²) >= 11 is 0. The van der Waals surface area contributed by atoms with Crippen molar-refractivity contribution in [1.82, 2.24) is 10.6 Å². The summed E-state index contributed by atoms with van der Waals surface area (Å²) in [5.74, 6) is 0.696. The van der Waals surface area contributed by atoms with Crippen LogP contribution in [0.2, 0.25) is 0 Å². The number of hydrogen-bond acceptors (Lipinski definition) is 4. The predicted molar refractivity (Wildman–Crippen MR) is 89.2 cm³/mol. The molecule has 6 heteroatoms. The molecule has 1 heterocycles. The SMILES string of the molecule is COc1ccc(CNC(=O)C(C)(C)C(=O)NCc2ccco2)cc1. The van der Waals surface area contributed by atoms with Crippen molar-refractivity contribution in [2.24, 2.45) is 5.41 Å². The summed E-state index contributed by atoms with van der Waals surface area (Å²) in [6, 6.07) is 10.9. The van der Waals surface area contributed by atoms with Gasteiger partial charge in [-0.2, -0.15) is 0 Å². The van der Waals surface area contributed by atoms with Gasteiger partial charge in [0.05, 0.1) is 19.9 Å². The van der Waals surface area contributed by atoms with Crippen LogP contribution >= 0.6 is 0 Å². The van der Waals surface area contributed by atoms with Gasteiger partial charge in [-0.15, -0.1) is 0 Å². The molecule has 0 saturated carbocycles. The monoisotopic (exact) mass is 330 g/mol. The van der Waals surface area contributed by atoms with Crippen molar-refractivity contribution in [3.63, 3.8) is 0 Å². The third-order valence-electron chi connectivity index (χ3n) is 3.75. The molecule has 1 aromatic heterocycles. The van der Waals surface area contributed by atoms with Gasteiger partial charge < -0.3 is 19.8 Å². The summed E-state index contributed by atoms with van der Waals surface area (Å²) in [7, 11) is 1.60. The van der Waals surface area contributed by atoms with Gasteiger partial charge in [0.2, 0.25) is 11.8 Å². The van der Waals surface area contributed by atoms with Crippen LogP contribution in [0.25, 0.3) is 0 Å². The van der Waals surface area contributed by atoms with E-state index in [1.54, 1.807) is 33.1 Å². The van der Waals surface area contributed by atoms with Crippen molar-refractivity contribution in [2.45, 2.75) is 26.9 Å². The van der Waals surface area contributed by atoms with E-state index in [4.69, 9.17) is 9.15 Å². The van der Waals surface area contributed by atoms with Gasteiger partial charge in [0, 0.05) is 6.54 Å². The number of carbonyl (C=O) groups is 2. The van der Waals surface area contributed by atoms with E-state index in [-0.39, 0.29) is 18.4 Å². The number of carbonyl (C=O) groups excluding carboxylic acids is 2. The zero-order valence-electron chi connectivity index (χ0n) is 14.1. The smallest absolute Gasteiger partial charge is 0.235 e. The van der Waals surface area contributed by atoms with Crippen LogP contribution in [0.1, 0.15) is 25.2 Å². The first-order valence-electron chi connectivity index (χ1n) is 7.65. The summed E-state index contributed by atoms with van der Waals surface area (Å²) in [4.78, 5) is 24.6. The zero-order chi connectivity index (χ0) is 17.6. The van der Waals surface area contributed by atoms with Crippen LogP contribution in [0, 0.1) is 5.41 Å². The minimum atomic E-state index is -1.18. The molecular formula is C18H22N2O4. The Morgan fingerprint density at radius 2 is 1.67 bits per heavy atom. The maximum absolute atomic E-state index is 12.3. The number of ether oxygens (including phenoxy) is 1. The molecule has 2 amide bonds. The van der Waals surface area contributed by atoms with Gasteiger partial charge >= 0.3 is 0 Å². The van der Waals surface area contributed by atoms with Gasteiger partial charge in [-0.3, -0.25) is 9.59 Å². The molecule has 0 radical (unpaired) electrons. The Morgan fingerprint density at radius 1 is 1.04 bits per heavy atom. The highest BCUT2D eigenvalue weighted by molar-refractivity contribution is 6.04. The zero-order valence-corrected chi connectivity index (χ0v) is 14.1. The highest BCUT2D eigenvalue weighted by Gasteiger charge is 2.35. The van der Waals surface area contributed by atoms with Gasteiger partial charge in [-0.1, -0.05) is 12.1 Å². The first-order valence-corrected chi connectivity index (χ1v) is 7.65. The summed E-state index contributed by atoms with van der Waals surface area (Å²) < 4.78 is 10.2. The molecule has 0 spiro atoms. The minimum Gasteiger partial charge on any atom is -0.497 e. The van der Waals surface area contributed by atoms with Crippen LogP contribution in [0.15, 0.2) is 47.1 Å². The molecule has 0 atom stereocenters. The molecule has 0 saturated heterocycles. The number of hydrogen-bond donors (Lipinski definition) is 2. The molecule has 0 bridgehead atoms. The molecule has 1 aromatic carbocycles. The van der Waals surface area contributed by atoms with E-state index >= 15 is 0 Å². The van der Waals surface area contributed by atoms with Crippen LogP contribution in [-0.4, -0.2) is 18.9 Å². The lowest BCUT2D eigenvalue weighted by atomic mass is 9.91. The summed E-state index contributed by atoms with van der Waals surface area (Å²) in [6.45, 7) is 3.78. The van der Waals surface area contributed by atoms with Crippen molar-refractivity contribution in [1.29, 1.82) is 0 Å². The van der Waals surface area contributed by atoms with E-state index in [0.717, 1.165) is 11.3 Å². The molecule has 2 N–H and O–H groups in total. The largest absolute Gasteiger partial charge is 0.497 e. The maximum Gasteiger partial charge on any atom is 0.235 e. The molecule has 0 fully saturated rings. The lowest BCUT2D eigenvalue weighted by molar-refractivity contribution is -0.141. The van der Waals surface area contributed by atoms with Gasteiger partial charge in [-0.25, -0.2) is 0 Å². The third-order valence-corrected chi connectivity index (χ3v) is 3.75. The van der Waals surface area contributed by atoms with E-state index in [2.05, 4.69) is 10.6 Å². The number of methoxy groups -OCH3 is 1. The van der Waals surface area contributed by atoms with Crippen LogP contribution < -0.4 is 15.4 Å². The van der Waals surface area contributed by atoms with Crippen molar-refractivity contribution >= 4 is 11.8 Å². The molecule has 0 aliphatic heterocycles. The van der Waals surface area contributed by atoms with E-state index in [1.807, 2.05) is 24.3 Å². The third kappa shape index (κ3) is 4.38. The van der Waals surface area contributed by atoms with Gasteiger partial charge in [0.25, 0.3) is 0 Å². The second-order valence-corrected chi connectivity index (χ2v) is 5.92. The lowest BCUT2D eigenvalue weighted by Crippen LogP contribution is -2.47. The number of amides is 2. The Balaban J connectivity index is 1.87. The average molecular weight is 330 g/mol. The van der Waals surface area contributed by atoms with Gasteiger partial charge in [0.15, 0.2) is 0 Å². The minimum absolute atomic E-state index is 0.251. The molecular weight excluding hydrogens is 308 g/mol. The Labute approximate surface area is 141 Å².